The second-order valence-corrected chi connectivity index (χ2v) is 5.47. The van der Waals surface area contributed by atoms with Gasteiger partial charge in [-0.3, -0.25) is 10.1 Å². The van der Waals surface area contributed by atoms with E-state index >= 15 is 0 Å². The Morgan fingerprint density at radius 2 is 1.95 bits per heavy atom. The van der Waals surface area contributed by atoms with Crippen molar-refractivity contribution in [2.24, 2.45) is 5.73 Å². The number of aryl methyl sites for hydroxylation is 1. The van der Waals surface area contributed by atoms with Crippen molar-refractivity contribution in [2.75, 3.05) is 6.61 Å². The molecule has 0 radical (unpaired) electrons. The van der Waals surface area contributed by atoms with E-state index in [0.717, 1.165) is 5.56 Å². The highest BCUT2D eigenvalue weighted by Crippen LogP contribution is 2.28. The first kappa shape index (κ1) is 15.6. The number of nitrogens with two attached hydrogens (primary N) is 1. The van der Waals surface area contributed by atoms with Crippen molar-refractivity contribution in [1.29, 1.82) is 0 Å². The van der Waals surface area contributed by atoms with Crippen molar-refractivity contribution in [3.8, 4) is 11.3 Å². The van der Waals surface area contributed by atoms with E-state index in [-0.39, 0.29) is 0 Å². The van der Waals surface area contributed by atoms with Gasteiger partial charge in [-0.15, -0.1) is 11.3 Å². The normalized spacial score (nSPS) is 10.0. The van der Waals surface area contributed by atoms with E-state index in [2.05, 4.69) is 4.98 Å². The Labute approximate surface area is 130 Å². The van der Waals surface area contributed by atoms with Crippen LogP contribution in [0.3, 0.4) is 0 Å². The number of nitrogens with zero attached hydrogens (tertiary/aromatic N) is 1. The number of carbonyl (C=O) groups is 3. The molecule has 8 heteroatoms. The molecular weight excluding hydrogens is 306 g/mol. The van der Waals surface area contributed by atoms with E-state index in [1.165, 1.54) is 11.3 Å². The number of esters is 1. The highest BCUT2D eigenvalue weighted by Gasteiger charge is 2.20. The molecule has 0 spiro atoms. The molecule has 0 unspecified atom stereocenters. The summed E-state index contributed by atoms with van der Waals surface area (Å²) >= 11 is 1.17. The van der Waals surface area contributed by atoms with Gasteiger partial charge in [-0.1, -0.05) is 30.3 Å². The molecule has 2 aromatic rings. The summed E-state index contributed by atoms with van der Waals surface area (Å²) in [6, 6.07) is 8.17. The third-order valence-electron chi connectivity index (χ3n) is 2.56. The van der Waals surface area contributed by atoms with Gasteiger partial charge in [0.25, 0.3) is 5.91 Å². The molecule has 3 amide bonds. The number of hydrogen-bond acceptors (Lipinski definition) is 6. The maximum atomic E-state index is 12.1. The van der Waals surface area contributed by atoms with Crippen LogP contribution in [0.1, 0.15) is 14.7 Å². The lowest BCUT2D eigenvalue weighted by atomic mass is 10.1. The fraction of sp³-hybridized carbons (Fsp3) is 0.143. The first-order valence-corrected chi connectivity index (χ1v) is 7.08. The van der Waals surface area contributed by atoms with E-state index in [0.29, 0.717) is 15.6 Å². The van der Waals surface area contributed by atoms with Gasteiger partial charge in [-0.25, -0.2) is 14.6 Å². The number of primary amides is 1. The van der Waals surface area contributed by atoms with Gasteiger partial charge in [-0.2, -0.15) is 0 Å². The number of carbonyl (C=O) groups excluding carboxylic acids is 3. The van der Waals surface area contributed by atoms with Crippen molar-refractivity contribution in [3.63, 3.8) is 0 Å². The molecule has 1 aromatic carbocycles. The van der Waals surface area contributed by atoms with Gasteiger partial charge in [0.1, 0.15) is 4.88 Å². The molecule has 7 nitrogen and oxygen atoms in total. The molecule has 0 aliphatic heterocycles. The zero-order valence-corrected chi connectivity index (χ0v) is 12.5. The van der Waals surface area contributed by atoms with Crippen molar-refractivity contribution in [3.05, 3.63) is 40.2 Å². The minimum atomic E-state index is -1.00. The molecule has 0 saturated carbocycles. The smallest absolute Gasteiger partial charge is 0.351 e. The van der Waals surface area contributed by atoms with Crippen molar-refractivity contribution in [2.45, 2.75) is 6.92 Å². The lowest BCUT2D eigenvalue weighted by Gasteiger charge is -2.04. The molecular formula is C14H13N3O4S. The number of thiazole rings is 1. The Kier molecular flexibility index (Phi) is 4.84. The van der Waals surface area contributed by atoms with E-state index in [1.54, 1.807) is 6.92 Å². The molecule has 1 heterocycles. The average molecular weight is 319 g/mol. The maximum absolute atomic E-state index is 12.1. The molecule has 2 rings (SSSR count). The van der Waals surface area contributed by atoms with Gasteiger partial charge in [0, 0.05) is 5.56 Å². The van der Waals surface area contributed by atoms with Crippen LogP contribution >= 0.6 is 11.3 Å². The summed E-state index contributed by atoms with van der Waals surface area (Å²) in [4.78, 5) is 38.5. The zero-order chi connectivity index (χ0) is 16.1. The summed E-state index contributed by atoms with van der Waals surface area (Å²) in [5, 5.41) is 2.51. The van der Waals surface area contributed by atoms with Crippen LogP contribution in [0.15, 0.2) is 30.3 Å². The number of benzene rings is 1. The first-order valence-electron chi connectivity index (χ1n) is 6.26. The predicted molar refractivity (Wildman–Crippen MR) is 80.3 cm³/mol. The summed E-state index contributed by atoms with van der Waals surface area (Å²) in [5.41, 5.74) is 6.08. The maximum Gasteiger partial charge on any atom is 0.351 e. The van der Waals surface area contributed by atoms with E-state index in [1.807, 2.05) is 35.6 Å². The minimum Gasteiger partial charge on any atom is -0.451 e. The lowest BCUT2D eigenvalue weighted by molar-refractivity contribution is -0.123. The fourth-order valence-electron chi connectivity index (χ4n) is 1.73. The van der Waals surface area contributed by atoms with Gasteiger partial charge < -0.3 is 10.5 Å². The molecule has 3 N–H and O–H groups in total. The molecule has 22 heavy (non-hydrogen) atoms. The van der Waals surface area contributed by atoms with Gasteiger partial charge in [0.05, 0.1) is 10.7 Å². The third-order valence-corrected chi connectivity index (χ3v) is 3.51. The van der Waals surface area contributed by atoms with Gasteiger partial charge in [0.15, 0.2) is 6.61 Å². The summed E-state index contributed by atoms with van der Waals surface area (Å²) in [7, 11) is 0. The number of hydrogen-bond donors (Lipinski definition) is 2. The topological polar surface area (TPSA) is 111 Å². The number of nitrogens with one attached hydrogen (secondary N) is 1. The van der Waals surface area contributed by atoms with Gasteiger partial charge in [-0.05, 0) is 6.92 Å². The van der Waals surface area contributed by atoms with Crippen LogP contribution in [0.25, 0.3) is 11.3 Å². The number of imide groups is 1. The molecule has 0 aliphatic carbocycles. The van der Waals surface area contributed by atoms with Crippen molar-refractivity contribution in [1.82, 2.24) is 10.3 Å². The SMILES string of the molecule is Cc1nc(-c2ccccc2)c(C(=O)OCC(=O)NC(N)=O)s1. The molecule has 0 saturated heterocycles. The van der Waals surface area contributed by atoms with Crippen LogP contribution < -0.4 is 11.1 Å². The van der Waals surface area contributed by atoms with Crippen molar-refractivity contribution >= 4 is 29.2 Å². The standard InChI is InChI=1S/C14H13N3O4S/c1-8-16-11(9-5-3-2-4-6-9)12(22-8)13(19)21-7-10(18)17-14(15)20/h2-6H,7H2,1H3,(H3,15,17,18,20). The molecule has 0 bridgehead atoms. The Hall–Kier alpha value is -2.74. The highest BCUT2D eigenvalue weighted by atomic mass is 32.1. The Morgan fingerprint density at radius 3 is 2.59 bits per heavy atom. The summed E-state index contributed by atoms with van der Waals surface area (Å²) in [6.07, 6.45) is 0. The van der Waals surface area contributed by atoms with E-state index in [4.69, 9.17) is 10.5 Å². The van der Waals surface area contributed by atoms with E-state index < -0.39 is 24.5 Å². The zero-order valence-electron chi connectivity index (χ0n) is 11.7. The highest BCUT2D eigenvalue weighted by molar-refractivity contribution is 7.14. The summed E-state index contributed by atoms with van der Waals surface area (Å²) in [6.45, 7) is 1.18. The molecule has 1 aromatic heterocycles. The number of amides is 3. The van der Waals surface area contributed by atoms with Crippen LogP contribution in [0.4, 0.5) is 4.79 Å². The summed E-state index contributed by atoms with van der Waals surface area (Å²) < 4.78 is 4.88. The quantitative estimate of drug-likeness (QED) is 0.829. The molecule has 0 fully saturated rings. The van der Waals surface area contributed by atoms with Crippen molar-refractivity contribution < 1.29 is 19.1 Å². The molecule has 0 aliphatic rings. The Bertz CT molecular complexity index is 712. The predicted octanol–water partition coefficient (Wildman–Crippen LogP) is 1.47. The largest absolute Gasteiger partial charge is 0.451 e. The molecule has 114 valence electrons. The number of ether oxygens (including phenoxy) is 1. The number of aromatic nitrogens is 1. The Morgan fingerprint density at radius 1 is 1.27 bits per heavy atom. The van der Waals surface area contributed by atoms with E-state index in [9.17, 15) is 14.4 Å². The number of rotatable bonds is 4. The van der Waals surface area contributed by atoms with Crippen LogP contribution in [0.5, 0.6) is 0 Å². The fourth-order valence-corrected chi connectivity index (χ4v) is 2.56. The second kappa shape index (κ2) is 6.81. The number of urea groups is 1. The van der Waals surface area contributed by atoms with Crippen LogP contribution in [-0.4, -0.2) is 29.5 Å². The monoisotopic (exact) mass is 319 g/mol. The first-order chi connectivity index (χ1) is 10.5. The lowest BCUT2D eigenvalue weighted by Crippen LogP contribution is -2.37. The molecule has 0 atom stereocenters. The average Bonchev–Trinajstić information content (AvgIpc) is 2.87. The Balaban J connectivity index is 2.14. The van der Waals surface area contributed by atoms with Crippen LogP contribution in [0.2, 0.25) is 0 Å². The third kappa shape index (κ3) is 3.89. The van der Waals surface area contributed by atoms with Gasteiger partial charge in [0.2, 0.25) is 0 Å². The minimum absolute atomic E-state index is 0.301. The van der Waals surface area contributed by atoms with Crippen LogP contribution in [0, 0.1) is 6.92 Å². The van der Waals surface area contributed by atoms with Crippen LogP contribution in [-0.2, 0) is 9.53 Å². The second-order valence-electron chi connectivity index (χ2n) is 4.27. The summed E-state index contributed by atoms with van der Waals surface area (Å²) in [5.74, 6) is -1.47. The van der Waals surface area contributed by atoms with Gasteiger partial charge >= 0.3 is 12.0 Å².